The van der Waals surface area contributed by atoms with Gasteiger partial charge in [-0.3, -0.25) is 9.05 Å². The van der Waals surface area contributed by atoms with E-state index in [-0.39, 0.29) is 19.8 Å². The highest BCUT2D eigenvalue weighted by Crippen LogP contribution is 2.44. The zero-order valence-electron chi connectivity index (χ0n) is 20.0. The Hall–Kier alpha value is -0.0100. The fourth-order valence-electron chi connectivity index (χ4n) is 3.03. The lowest BCUT2D eigenvalue weighted by atomic mass is 10.1. The molecule has 2 N–H and O–H groups in total. The zero-order valence-corrected chi connectivity index (χ0v) is 20.9. The highest BCUT2D eigenvalue weighted by Gasteiger charge is 2.27. The molecule has 2 atom stereocenters. The van der Waals surface area contributed by atoms with Crippen LogP contribution in [0.2, 0.25) is 0 Å². The molecule has 0 aromatic heterocycles. The van der Waals surface area contributed by atoms with Crippen LogP contribution in [0.1, 0.15) is 84.0 Å². The summed E-state index contributed by atoms with van der Waals surface area (Å²) in [5, 5.41) is 9.35. The van der Waals surface area contributed by atoms with Gasteiger partial charge in [-0.05, 0) is 6.42 Å². The van der Waals surface area contributed by atoms with Gasteiger partial charge < -0.3 is 19.2 Å². The second kappa shape index (κ2) is 18.6. The van der Waals surface area contributed by atoms with Gasteiger partial charge in [0.15, 0.2) is 0 Å². The van der Waals surface area contributed by atoms with Gasteiger partial charge in [0.25, 0.3) is 0 Å². The van der Waals surface area contributed by atoms with Crippen LogP contribution in [0.15, 0.2) is 0 Å². The Morgan fingerprint density at radius 3 is 1.80 bits per heavy atom. The Balaban J connectivity index is 3.61. The van der Waals surface area contributed by atoms with Crippen LogP contribution in [0.25, 0.3) is 0 Å². The van der Waals surface area contributed by atoms with E-state index in [1.165, 1.54) is 64.2 Å². The third kappa shape index (κ3) is 21.2. The van der Waals surface area contributed by atoms with E-state index in [4.69, 9.17) is 13.8 Å². The Labute approximate surface area is 185 Å². The number of quaternary nitrogens is 1. The maximum absolute atomic E-state index is 12.0. The van der Waals surface area contributed by atoms with E-state index in [1.807, 2.05) is 21.1 Å². The Kier molecular flexibility index (Phi) is 18.5. The standard InChI is InChI=1S/C22H48NO6P/c1-5-6-7-8-9-10-11-12-13-14-15-16-18-27-21-22(20-24)29-30(25,26)28-19-17-23(2,3)4/h22,24H,5-21H2,1-4H3/p+1/t22-/m0/s1. The van der Waals surface area contributed by atoms with Gasteiger partial charge in [0.05, 0.1) is 34.4 Å². The van der Waals surface area contributed by atoms with Crippen LogP contribution in [-0.2, 0) is 18.3 Å². The third-order valence-electron chi connectivity index (χ3n) is 4.95. The number of nitrogens with zero attached hydrogens (tertiary/aromatic N) is 1. The molecule has 0 saturated carbocycles. The van der Waals surface area contributed by atoms with Gasteiger partial charge in [-0.15, -0.1) is 0 Å². The monoisotopic (exact) mass is 454 g/mol. The first kappa shape index (κ1) is 30.0. The summed E-state index contributed by atoms with van der Waals surface area (Å²) in [6.45, 7) is 3.19. The van der Waals surface area contributed by atoms with Crippen molar-refractivity contribution in [3.63, 3.8) is 0 Å². The topological polar surface area (TPSA) is 85.2 Å². The van der Waals surface area contributed by atoms with Crippen molar-refractivity contribution in [1.29, 1.82) is 0 Å². The summed E-state index contributed by atoms with van der Waals surface area (Å²) >= 11 is 0. The first-order valence-electron chi connectivity index (χ1n) is 11.8. The number of phosphoric acid groups is 1. The minimum Gasteiger partial charge on any atom is -0.394 e. The predicted molar refractivity (Wildman–Crippen MR) is 123 cm³/mol. The number of hydrogen-bond donors (Lipinski definition) is 2. The largest absolute Gasteiger partial charge is 0.472 e. The van der Waals surface area contributed by atoms with Crippen molar-refractivity contribution in [1.82, 2.24) is 0 Å². The summed E-state index contributed by atoms with van der Waals surface area (Å²) in [6.07, 6.45) is 14.6. The van der Waals surface area contributed by atoms with Crippen LogP contribution < -0.4 is 0 Å². The van der Waals surface area contributed by atoms with Gasteiger partial charge in [-0.1, -0.05) is 77.6 Å². The smallest absolute Gasteiger partial charge is 0.394 e. The van der Waals surface area contributed by atoms with E-state index in [9.17, 15) is 14.6 Å². The fourth-order valence-corrected chi connectivity index (χ4v) is 3.90. The van der Waals surface area contributed by atoms with Crippen molar-refractivity contribution in [2.24, 2.45) is 0 Å². The molecule has 0 fully saturated rings. The SMILES string of the molecule is CCCCCCCCCCCCCCOC[C@H](CO)OP(=O)(O)OCC[N+](C)(C)C. The summed E-state index contributed by atoms with van der Waals surface area (Å²) in [6, 6.07) is 0. The lowest BCUT2D eigenvalue weighted by Crippen LogP contribution is -2.37. The van der Waals surface area contributed by atoms with Gasteiger partial charge in [-0.25, -0.2) is 4.57 Å². The quantitative estimate of drug-likeness (QED) is 0.137. The Morgan fingerprint density at radius 1 is 0.833 bits per heavy atom. The van der Waals surface area contributed by atoms with Crippen molar-refractivity contribution in [3.8, 4) is 0 Å². The number of hydrogen-bond acceptors (Lipinski definition) is 5. The summed E-state index contributed by atoms with van der Waals surface area (Å²) < 4.78 is 28.1. The molecule has 0 aromatic rings. The molecule has 0 bridgehead atoms. The molecule has 0 spiro atoms. The number of aliphatic hydroxyl groups is 1. The third-order valence-corrected chi connectivity index (χ3v) is 6.02. The van der Waals surface area contributed by atoms with Crippen LogP contribution in [0.5, 0.6) is 0 Å². The van der Waals surface area contributed by atoms with E-state index in [0.29, 0.717) is 17.6 Å². The van der Waals surface area contributed by atoms with Crippen LogP contribution in [0, 0.1) is 0 Å². The first-order chi connectivity index (χ1) is 14.2. The number of rotatable bonds is 22. The van der Waals surface area contributed by atoms with Gasteiger partial charge in [0.1, 0.15) is 19.3 Å². The van der Waals surface area contributed by atoms with Crippen LogP contribution in [-0.4, -0.2) is 74.7 Å². The van der Waals surface area contributed by atoms with E-state index < -0.39 is 13.9 Å². The van der Waals surface area contributed by atoms with Crippen molar-refractivity contribution < 1.29 is 32.8 Å². The van der Waals surface area contributed by atoms with Gasteiger partial charge >= 0.3 is 7.82 Å². The van der Waals surface area contributed by atoms with Crippen molar-refractivity contribution >= 4 is 7.82 Å². The van der Waals surface area contributed by atoms with Crippen LogP contribution in [0.4, 0.5) is 0 Å². The predicted octanol–water partition coefficient (Wildman–Crippen LogP) is 4.90. The van der Waals surface area contributed by atoms with E-state index in [1.54, 1.807) is 0 Å². The molecular formula is C22H49NO6P+. The van der Waals surface area contributed by atoms with E-state index >= 15 is 0 Å². The fraction of sp³-hybridized carbons (Fsp3) is 1.00. The minimum absolute atomic E-state index is 0.0811. The zero-order chi connectivity index (χ0) is 22.7. The van der Waals surface area contributed by atoms with Gasteiger partial charge in [0.2, 0.25) is 0 Å². The van der Waals surface area contributed by atoms with Gasteiger partial charge in [0, 0.05) is 6.61 Å². The number of phosphoric ester groups is 1. The molecule has 0 saturated heterocycles. The summed E-state index contributed by atoms with van der Waals surface area (Å²) in [7, 11) is 1.70. The summed E-state index contributed by atoms with van der Waals surface area (Å²) in [5.41, 5.74) is 0. The van der Waals surface area contributed by atoms with Crippen LogP contribution in [0.3, 0.4) is 0 Å². The van der Waals surface area contributed by atoms with Crippen molar-refractivity contribution in [3.05, 3.63) is 0 Å². The molecule has 0 aliphatic carbocycles. The molecular weight excluding hydrogens is 405 g/mol. The molecule has 0 heterocycles. The number of aliphatic hydroxyl groups excluding tert-OH is 1. The van der Waals surface area contributed by atoms with Crippen LogP contribution >= 0.6 is 7.82 Å². The summed E-state index contributed by atoms with van der Waals surface area (Å²) in [4.78, 5) is 9.77. The molecule has 0 amide bonds. The molecule has 30 heavy (non-hydrogen) atoms. The second-order valence-electron chi connectivity index (χ2n) is 9.19. The lowest BCUT2D eigenvalue weighted by molar-refractivity contribution is -0.870. The minimum atomic E-state index is -4.19. The summed E-state index contributed by atoms with van der Waals surface area (Å²) in [5.74, 6) is 0. The maximum atomic E-state index is 12.0. The van der Waals surface area contributed by atoms with Crippen molar-refractivity contribution in [2.45, 2.75) is 90.1 Å². The molecule has 0 aliphatic heterocycles. The molecule has 0 rings (SSSR count). The Morgan fingerprint density at radius 2 is 1.33 bits per heavy atom. The molecule has 7 nitrogen and oxygen atoms in total. The maximum Gasteiger partial charge on any atom is 0.472 e. The second-order valence-corrected chi connectivity index (χ2v) is 10.6. The highest BCUT2D eigenvalue weighted by molar-refractivity contribution is 7.47. The lowest BCUT2D eigenvalue weighted by Gasteiger charge is -2.24. The number of unbranched alkanes of at least 4 members (excludes halogenated alkanes) is 11. The highest BCUT2D eigenvalue weighted by atomic mass is 31.2. The molecule has 8 heteroatoms. The van der Waals surface area contributed by atoms with Crippen molar-refractivity contribution in [2.75, 3.05) is 54.1 Å². The van der Waals surface area contributed by atoms with Gasteiger partial charge in [-0.2, -0.15) is 0 Å². The van der Waals surface area contributed by atoms with E-state index in [0.717, 1.165) is 12.8 Å². The average molecular weight is 455 g/mol. The molecule has 182 valence electrons. The average Bonchev–Trinajstić information content (AvgIpc) is 2.66. The number of ether oxygens (including phenoxy) is 1. The number of likely N-dealkylation sites (N-methyl/N-ethyl adjacent to an activating group) is 1. The molecule has 1 unspecified atom stereocenters. The molecule has 0 radical (unpaired) electrons. The Bertz CT molecular complexity index is 430. The molecule has 0 aromatic carbocycles. The van der Waals surface area contributed by atoms with E-state index in [2.05, 4.69) is 6.92 Å². The first-order valence-corrected chi connectivity index (χ1v) is 13.3. The molecule has 0 aliphatic rings. The normalized spacial score (nSPS) is 15.3.